The number of hydrogen-bond acceptors (Lipinski definition) is 14. The predicted octanol–water partition coefficient (Wildman–Crippen LogP) is 2.84. The summed E-state index contributed by atoms with van der Waals surface area (Å²) in [6, 6.07) is 13.8. The molecule has 0 unspecified atom stereocenters. The molecule has 1 aromatic heterocycles. The van der Waals surface area contributed by atoms with Crippen LogP contribution in [0.25, 0.3) is 11.0 Å². The highest BCUT2D eigenvalue weighted by Gasteiger charge is 2.53. The number of carbonyl (C=O) groups excluding carboxylic acids is 4. The highest BCUT2D eigenvalue weighted by Crippen LogP contribution is 2.38. The second-order valence-electron chi connectivity index (χ2n) is 9.87. The van der Waals surface area contributed by atoms with Crippen molar-refractivity contribution in [3.05, 3.63) is 64.5 Å². The molecule has 14 nitrogen and oxygen atoms in total. The molecular formula is C31H32O14. The molecule has 1 aliphatic rings. The number of carbonyl (C=O) groups is 4. The SMILES string of the molecule is COc1ccc2c(OCc3ccccc3)c(O[C@@H]3O[C@H](COC(C)=O)[C@H](OC(C)=O)[C@H](OC(C)=O)[C@H]3OC(C)=O)c(=O)oc2c1. The molecule has 14 heteroatoms. The van der Waals surface area contributed by atoms with Crippen LogP contribution in [-0.4, -0.2) is 68.3 Å². The van der Waals surface area contributed by atoms with Crippen LogP contribution in [0.2, 0.25) is 0 Å². The van der Waals surface area contributed by atoms with E-state index in [4.69, 9.17) is 42.3 Å². The first-order valence-electron chi connectivity index (χ1n) is 13.8. The number of ether oxygens (including phenoxy) is 8. The lowest BCUT2D eigenvalue weighted by Gasteiger charge is -2.43. The van der Waals surface area contributed by atoms with E-state index in [1.165, 1.54) is 13.2 Å². The van der Waals surface area contributed by atoms with Crippen LogP contribution < -0.4 is 19.8 Å². The number of rotatable bonds is 11. The summed E-state index contributed by atoms with van der Waals surface area (Å²) in [5.41, 5.74) is -0.103. The van der Waals surface area contributed by atoms with E-state index >= 15 is 0 Å². The maximum Gasteiger partial charge on any atom is 0.383 e. The Kier molecular flexibility index (Phi) is 10.6. The van der Waals surface area contributed by atoms with Gasteiger partial charge in [-0.05, 0) is 17.7 Å². The van der Waals surface area contributed by atoms with Gasteiger partial charge >= 0.3 is 29.5 Å². The summed E-state index contributed by atoms with van der Waals surface area (Å²) >= 11 is 0. The number of benzene rings is 2. The van der Waals surface area contributed by atoms with Gasteiger partial charge in [-0.15, -0.1) is 0 Å². The topological polar surface area (TPSA) is 172 Å². The van der Waals surface area contributed by atoms with Crippen molar-refractivity contribution in [3.8, 4) is 17.2 Å². The zero-order valence-electron chi connectivity index (χ0n) is 25.1. The van der Waals surface area contributed by atoms with Crippen LogP contribution in [-0.2, 0) is 49.5 Å². The van der Waals surface area contributed by atoms with Crippen LogP contribution in [0.5, 0.6) is 17.2 Å². The van der Waals surface area contributed by atoms with Gasteiger partial charge in [0.05, 0.1) is 12.5 Å². The lowest BCUT2D eigenvalue weighted by molar-refractivity contribution is -0.289. The third-order valence-corrected chi connectivity index (χ3v) is 6.44. The van der Waals surface area contributed by atoms with Gasteiger partial charge in [0, 0.05) is 33.8 Å². The summed E-state index contributed by atoms with van der Waals surface area (Å²) in [5, 5.41) is 0.326. The van der Waals surface area contributed by atoms with E-state index in [2.05, 4.69) is 0 Å². The summed E-state index contributed by atoms with van der Waals surface area (Å²) in [6.45, 7) is 3.95. The van der Waals surface area contributed by atoms with Crippen molar-refractivity contribution in [1.82, 2.24) is 0 Å². The molecule has 0 aliphatic carbocycles. The smallest absolute Gasteiger partial charge is 0.383 e. The first-order valence-corrected chi connectivity index (χ1v) is 13.8. The van der Waals surface area contributed by atoms with Gasteiger partial charge in [0.1, 0.15) is 30.7 Å². The van der Waals surface area contributed by atoms with Gasteiger partial charge in [0.25, 0.3) is 5.75 Å². The number of fused-ring (bicyclic) bond motifs is 1. The molecule has 240 valence electrons. The van der Waals surface area contributed by atoms with E-state index in [-0.39, 0.29) is 17.9 Å². The van der Waals surface area contributed by atoms with Crippen molar-refractivity contribution in [3.63, 3.8) is 0 Å². The van der Waals surface area contributed by atoms with Gasteiger partial charge in [-0.25, -0.2) is 4.79 Å². The van der Waals surface area contributed by atoms with E-state index in [0.717, 1.165) is 33.3 Å². The second kappa shape index (κ2) is 14.6. The monoisotopic (exact) mass is 628 g/mol. The normalized spacial score (nSPS) is 20.9. The zero-order chi connectivity index (χ0) is 32.7. The quantitative estimate of drug-likeness (QED) is 0.172. The second-order valence-corrected chi connectivity index (χ2v) is 9.87. The van der Waals surface area contributed by atoms with Gasteiger partial charge < -0.3 is 42.3 Å². The summed E-state index contributed by atoms with van der Waals surface area (Å²) < 4.78 is 50.3. The standard InChI is InChI=1S/C31H32O14/c1-16(32)38-15-24-26(40-17(2)33)27(41-18(3)34)29(42-19(4)35)31(44-24)45-28-25(39-14-20-9-7-6-8-10-20)22-12-11-21(37-5)13-23(22)43-30(28)36/h6-13,24,26-27,29,31H,14-15H2,1-5H3/t24-,26+,27+,29-,31+/m1/s1. The van der Waals surface area contributed by atoms with E-state index < -0.39 is 72.6 Å². The first kappa shape index (κ1) is 32.8. The maximum absolute atomic E-state index is 13.4. The van der Waals surface area contributed by atoms with E-state index in [1.807, 2.05) is 30.3 Å². The lowest BCUT2D eigenvalue weighted by atomic mass is 9.98. The van der Waals surface area contributed by atoms with Crippen molar-refractivity contribution >= 4 is 34.8 Å². The summed E-state index contributed by atoms with van der Waals surface area (Å²) in [6.07, 6.45) is -7.51. The summed E-state index contributed by atoms with van der Waals surface area (Å²) in [5.74, 6) is -3.25. The molecule has 1 saturated heterocycles. The van der Waals surface area contributed by atoms with Crippen molar-refractivity contribution in [2.24, 2.45) is 0 Å². The molecule has 0 bridgehead atoms. The molecule has 2 heterocycles. The maximum atomic E-state index is 13.4. The Balaban J connectivity index is 1.83. The molecule has 0 spiro atoms. The third kappa shape index (κ3) is 8.29. The fourth-order valence-electron chi connectivity index (χ4n) is 4.64. The molecule has 1 fully saturated rings. The largest absolute Gasteiger partial charge is 0.497 e. The van der Waals surface area contributed by atoms with Gasteiger partial charge in [-0.1, -0.05) is 30.3 Å². The molecule has 5 atom stereocenters. The van der Waals surface area contributed by atoms with Gasteiger partial charge in [0.2, 0.25) is 12.4 Å². The Morgan fingerprint density at radius 2 is 1.42 bits per heavy atom. The predicted molar refractivity (Wildman–Crippen MR) is 152 cm³/mol. The minimum Gasteiger partial charge on any atom is -0.497 e. The Morgan fingerprint density at radius 1 is 0.778 bits per heavy atom. The number of esters is 4. The molecule has 1 aliphatic heterocycles. The fourth-order valence-corrected chi connectivity index (χ4v) is 4.64. The molecule has 0 radical (unpaired) electrons. The van der Waals surface area contributed by atoms with Crippen molar-refractivity contribution in [2.45, 2.75) is 65.0 Å². The Hall–Kier alpha value is -5.11. The molecule has 2 aromatic carbocycles. The Bertz CT molecular complexity index is 1600. The van der Waals surface area contributed by atoms with Crippen LogP contribution in [0.15, 0.2) is 57.7 Å². The van der Waals surface area contributed by atoms with E-state index in [9.17, 15) is 24.0 Å². The number of hydrogen-bond donors (Lipinski definition) is 0. The first-order chi connectivity index (χ1) is 21.5. The zero-order valence-corrected chi connectivity index (χ0v) is 25.1. The molecule has 0 N–H and O–H groups in total. The lowest BCUT2D eigenvalue weighted by Crippen LogP contribution is -2.63. The minimum absolute atomic E-state index is 0.0142. The molecule has 4 rings (SSSR count). The molecule has 0 amide bonds. The third-order valence-electron chi connectivity index (χ3n) is 6.44. The fraction of sp³-hybridized carbons (Fsp3) is 0.387. The minimum atomic E-state index is -1.69. The average Bonchev–Trinajstić information content (AvgIpc) is 2.98. The van der Waals surface area contributed by atoms with Gasteiger partial charge in [-0.2, -0.15) is 0 Å². The van der Waals surface area contributed by atoms with Crippen LogP contribution >= 0.6 is 0 Å². The summed E-state index contributed by atoms with van der Waals surface area (Å²) in [7, 11) is 1.45. The van der Waals surface area contributed by atoms with Crippen LogP contribution in [0.1, 0.15) is 33.3 Å². The van der Waals surface area contributed by atoms with Crippen molar-refractivity contribution in [1.29, 1.82) is 0 Å². The highest BCUT2D eigenvalue weighted by molar-refractivity contribution is 5.86. The molecular weight excluding hydrogens is 596 g/mol. The van der Waals surface area contributed by atoms with E-state index in [0.29, 0.717) is 11.1 Å². The average molecular weight is 629 g/mol. The van der Waals surface area contributed by atoms with Crippen molar-refractivity contribution < 1.29 is 61.5 Å². The Labute approximate surface area is 257 Å². The van der Waals surface area contributed by atoms with Gasteiger partial charge in [-0.3, -0.25) is 19.2 Å². The van der Waals surface area contributed by atoms with E-state index in [1.54, 1.807) is 12.1 Å². The van der Waals surface area contributed by atoms with Crippen LogP contribution in [0.3, 0.4) is 0 Å². The molecule has 0 saturated carbocycles. The highest BCUT2D eigenvalue weighted by atomic mass is 16.7. The number of methoxy groups -OCH3 is 1. The molecule has 45 heavy (non-hydrogen) atoms. The van der Waals surface area contributed by atoms with Crippen molar-refractivity contribution in [2.75, 3.05) is 13.7 Å². The summed E-state index contributed by atoms with van der Waals surface area (Å²) in [4.78, 5) is 61.5. The Morgan fingerprint density at radius 3 is 2.04 bits per heavy atom. The van der Waals surface area contributed by atoms with Gasteiger partial charge in [0.15, 0.2) is 18.0 Å². The molecule has 3 aromatic rings. The van der Waals surface area contributed by atoms with Crippen LogP contribution in [0, 0.1) is 0 Å². The van der Waals surface area contributed by atoms with Crippen LogP contribution in [0.4, 0.5) is 0 Å².